The first-order valence-corrected chi connectivity index (χ1v) is 9.59. The largest absolute Gasteiger partial charge is 0.271 e. The summed E-state index contributed by atoms with van der Waals surface area (Å²) in [5, 5.41) is 7.44. The summed E-state index contributed by atoms with van der Waals surface area (Å²) in [6, 6.07) is 0. The SMILES string of the molecule is CCCCCCCCC(CCCCCCCC)C(=O)N=NC. The van der Waals surface area contributed by atoms with Crippen LogP contribution in [0.25, 0.3) is 0 Å². The second-order valence-corrected chi connectivity index (χ2v) is 6.45. The Hall–Kier alpha value is -0.730. The third-order valence-electron chi connectivity index (χ3n) is 4.36. The molecule has 0 saturated heterocycles. The lowest BCUT2D eigenvalue weighted by Crippen LogP contribution is -2.12. The van der Waals surface area contributed by atoms with Gasteiger partial charge in [0.2, 0.25) is 0 Å². The van der Waals surface area contributed by atoms with Crippen LogP contribution in [0.15, 0.2) is 10.2 Å². The van der Waals surface area contributed by atoms with E-state index in [2.05, 4.69) is 24.1 Å². The van der Waals surface area contributed by atoms with Gasteiger partial charge in [0.25, 0.3) is 5.91 Å². The number of rotatable bonds is 15. The van der Waals surface area contributed by atoms with E-state index in [1.165, 1.54) is 64.2 Å². The van der Waals surface area contributed by atoms with Crippen molar-refractivity contribution in [2.45, 2.75) is 104 Å². The van der Waals surface area contributed by atoms with Crippen LogP contribution < -0.4 is 0 Å². The second kappa shape index (κ2) is 16.6. The molecule has 0 spiro atoms. The second-order valence-electron chi connectivity index (χ2n) is 6.45. The number of azo groups is 1. The van der Waals surface area contributed by atoms with Crippen molar-refractivity contribution in [2.24, 2.45) is 16.1 Å². The van der Waals surface area contributed by atoms with E-state index in [-0.39, 0.29) is 11.8 Å². The van der Waals surface area contributed by atoms with Crippen molar-refractivity contribution in [1.29, 1.82) is 0 Å². The zero-order valence-electron chi connectivity index (χ0n) is 15.3. The molecule has 0 atom stereocenters. The van der Waals surface area contributed by atoms with E-state index >= 15 is 0 Å². The van der Waals surface area contributed by atoms with Gasteiger partial charge in [-0.2, -0.15) is 5.11 Å². The van der Waals surface area contributed by atoms with Gasteiger partial charge in [0.05, 0.1) is 0 Å². The predicted octanol–water partition coefficient (Wildman–Crippen LogP) is 6.71. The Balaban J connectivity index is 3.87. The molecule has 0 rings (SSSR count). The highest BCUT2D eigenvalue weighted by Crippen LogP contribution is 2.20. The molecular weight excluding hydrogens is 272 g/mol. The predicted molar refractivity (Wildman–Crippen MR) is 95.3 cm³/mol. The Bertz CT molecular complexity index is 261. The van der Waals surface area contributed by atoms with E-state index in [0.29, 0.717) is 0 Å². The van der Waals surface area contributed by atoms with E-state index in [4.69, 9.17) is 0 Å². The van der Waals surface area contributed by atoms with Crippen molar-refractivity contribution in [2.75, 3.05) is 7.05 Å². The van der Waals surface area contributed by atoms with Gasteiger partial charge in [-0.15, -0.1) is 5.11 Å². The fourth-order valence-corrected chi connectivity index (χ4v) is 2.91. The zero-order chi connectivity index (χ0) is 16.5. The molecule has 0 heterocycles. The molecule has 0 aliphatic rings. The van der Waals surface area contributed by atoms with Gasteiger partial charge in [-0.25, -0.2) is 0 Å². The van der Waals surface area contributed by atoms with E-state index in [0.717, 1.165) is 25.7 Å². The van der Waals surface area contributed by atoms with Crippen LogP contribution in [0.1, 0.15) is 104 Å². The summed E-state index contributed by atoms with van der Waals surface area (Å²) >= 11 is 0. The normalized spacial score (nSPS) is 11.6. The lowest BCUT2D eigenvalue weighted by molar-refractivity contribution is -0.122. The van der Waals surface area contributed by atoms with Crippen LogP contribution in [0.3, 0.4) is 0 Å². The monoisotopic (exact) mass is 310 g/mol. The highest BCUT2D eigenvalue weighted by Gasteiger charge is 2.17. The summed E-state index contributed by atoms with van der Waals surface area (Å²) in [5.41, 5.74) is 0. The van der Waals surface area contributed by atoms with Crippen molar-refractivity contribution < 1.29 is 4.79 Å². The average Bonchev–Trinajstić information content (AvgIpc) is 2.52. The van der Waals surface area contributed by atoms with Crippen LogP contribution in [0, 0.1) is 5.92 Å². The summed E-state index contributed by atoms with van der Waals surface area (Å²) in [6.45, 7) is 4.48. The number of hydrogen-bond donors (Lipinski definition) is 0. The first kappa shape index (κ1) is 21.3. The maximum absolute atomic E-state index is 12.0. The zero-order valence-corrected chi connectivity index (χ0v) is 15.3. The molecule has 0 bridgehead atoms. The lowest BCUT2D eigenvalue weighted by atomic mass is 9.93. The molecule has 3 nitrogen and oxygen atoms in total. The first-order chi connectivity index (χ1) is 10.8. The highest BCUT2D eigenvalue weighted by molar-refractivity contribution is 5.78. The number of carbonyl (C=O) groups is 1. The Morgan fingerprint density at radius 2 is 1.14 bits per heavy atom. The molecule has 0 saturated carbocycles. The molecule has 0 N–H and O–H groups in total. The standard InChI is InChI=1S/C19H38N2O/c1-4-6-8-10-12-14-16-18(19(22)21-20-3)17-15-13-11-9-7-5-2/h18H,4-17H2,1-3H3. The van der Waals surface area contributed by atoms with Gasteiger partial charge < -0.3 is 0 Å². The van der Waals surface area contributed by atoms with Crippen LogP contribution in [0.2, 0.25) is 0 Å². The first-order valence-electron chi connectivity index (χ1n) is 9.59. The molecule has 1 amide bonds. The minimum absolute atomic E-state index is 0.00427. The van der Waals surface area contributed by atoms with Crippen molar-refractivity contribution in [3.8, 4) is 0 Å². The Kier molecular flexibility index (Phi) is 16.1. The van der Waals surface area contributed by atoms with Gasteiger partial charge in [0.15, 0.2) is 0 Å². The smallest absolute Gasteiger partial charge is 0.267 e. The lowest BCUT2D eigenvalue weighted by Gasteiger charge is -2.12. The topological polar surface area (TPSA) is 41.8 Å². The van der Waals surface area contributed by atoms with E-state index in [1.807, 2.05) is 0 Å². The minimum atomic E-state index is 0.00427. The maximum Gasteiger partial charge on any atom is 0.267 e. The molecule has 0 aliphatic carbocycles. The van der Waals surface area contributed by atoms with Crippen LogP contribution in [-0.2, 0) is 4.79 Å². The summed E-state index contributed by atoms with van der Waals surface area (Å²) in [5.74, 6) is 0.116. The number of hydrogen-bond acceptors (Lipinski definition) is 2. The average molecular weight is 311 g/mol. The third kappa shape index (κ3) is 13.0. The van der Waals surface area contributed by atoms with Crippen LogP contribution in [0.4, 0.5) is 0 Å². The van der Waals surface area contributed by atoms with E-state index < -0.39 is 0 Å². The number of unbranched alkanes of at least 4 members (excludes halogenated alkanes) is 10. The minimum Gasteiger partial charge on any atom is -0.271 e. The Morgan fingerprint density at radius 3 is 1.55 bits per heavy atom. The van der Waals surface area contributed by atoms with Crippen molar-refractivity contribution in [3.05, 3.63) is 0 Å². The van der Waals surface area contributed by atoms with Crippen molar-refractivity contribution in [1.82, 2.24) is 0 Å². The van der Waals surface area contributed by atoms with E-state index in [9.17, 15) is 4.79 Å². The summed E-state index contributed by atoms with van der Waals surface area (Å²) in [7, 11) is 1.59. The fourth-order valence-electron chi connectivity index (χ4n) is 2.91. The summed E-state index contributed by atoms with van der Waals surface area (Å²) in [6.07, 6.45) is 17.4. The molecule has 0 aromatic heterocycles. The van der Waals surface area contributed by atoms with Gasteiger partial charge in [-0.05, 0) is 12.8 Å². The summed E-state index contributed by atoms with van der Waals surface area (Å²) in [4.78, 5) is 12.0. The molecule has 0 aromatic carbocycles. The molecule has 0 radical (unpaired) electrons. The van der Waals surface area contributed by atoms with Crippen LogP contribution >= 0.6 is 0 Å². The Morgan fingerprint density at radius 1 is 0.727 bits per heavy atom. The number of amides is 1. The van der Waals surface area contributed by atoms with Gasteiger partial charge in [0, 0.05) is 13.0 Å². The molecule has 130 valence electrons. The number of nitrogens with zero attached hydrogens (tertiary/aromatic N) is 2. The van der Waals surface area contributed by atoms with Gasteiger partial charge >= 0.3 is 0 Å². The van der Waals surface area contributed by atoms with Crippen LogP contribution in [-0.4, -0.2) is 13.0 Å². The van der Waals surface area contributed by atoms with Gasteiger partial charge in [-0.3, -0.25) is 4.79 Å². The molecule has 22 heavy (non-hydrogen) atoms. The van der Waals surface area contributed by atoms with Crippen molar-refractivity contribution in [3.63, 3.8) is 0 Å². The number of carbonyl (C=O) groups excluding carboxylic acids is 1. The van der Waals surface area contributed by atoms with Crippen molar-refractivity contribution >= 4 is 5.91 Å². The van der Waals surface area contributed by atoms with E-state index in [1.54, 1.807) is 7.05 Å². The fraction of sp³-hybridized carbons (Fsp3) is 0.947. The molecule has 0 fully saturated rings. The molecule has 0 aliphatic heterocycles. The Labute approximate surface area is 138 Å². The van der Waals surface area contributed by atoms with Crippen LogP contribution in [0.5, 0.6) is 0 Å². The molecule has 0 aromatic rings. The molecule has 3 heteroatoms. The maximum atomic E-state index is 12.0. The quantitative estimate of drug-likeness (QED) is 0.245. The third-order valence-corrected chi connectivity index (χ3v) is 4.36. The van der Waals surface area contributed by atoms with Gasteiger partial charge in [0.1, 0.15) is 0 Å². The molecular formula is C19H38N2O. The molecule has 0 unspecified atom stereocenters. The summed E-state index contributed by atoms with van der Waals surface area (Å²) < 4.78 is 0. The highest BCUT2D eigenvalue weighted by atomic mass is 16.1. The van der Waals surface area contributed by atoms with Gasteiger partial charge in [-0.1, -0.05) is 90.9 Å².